The highest BCUT2D eigenvalue weighted by molar-refractivity contribution is 6.51. The van der Waals surface area contributed by atoms with E-state index in [0.29, 0.717) is 5.75 Å². The highest BCUT2D eigenvalue weighted by Gasteiger charge is 2.52. The van der Waals surface area contributed by atoms with Gasteiger partial charge in [-0.2, -0.15) is 0 Å². The van der Waals surface area contributed by atoms with Crippen LogP contribution < -0.4 is 4.74 Å². The molecule has 0 N–H and O–H groups in total. The first-order valence-corrected chi connectivity index (χ1v) is 10.9. The summed E-state index contributed by atoms with van der Waals surface area (Å²) in [4.78, 5) is 19.6. The van der Waals surface area contributed by atoms with Gasteiger partial charge in [0.15, 0.2) is 5.60 Å². The van der Waals surface area contributed by atoms with Crippen molar-refractivity contribution in [3.8, 4) is 5.75 Å². The van der Waals surface area contributed by atoms with Crippen LogP contribution >= 0.6 is 23.2 Å². The molecular weight excluding hydrogens is 407 g/mol. The third kappa shape index (κ3) is 4.39. The Morgan fingerprint density at radius 2 is 1.90 bits per heavy atom. The van der Waals surface area contributed by atoms with Crippen molar-refractivity contribution in [1.82, 2.24) is 9.88 Å². The molecule has 154 valence electrons. The number of hydrogen-bond acceptors (Lipinski definition) is 3. The molecule has 0 radical (unpaired) electrons. The molecule has 1 aromatic carbocycles. The molecule has 4 nitrogen and oxygen atoms in total. The van der Waals surface area contributed by atoms with E-state index < -0.39 is 9.93 Å². The van der Waals surface area contributed by atoms with Crippen LogP contribution in [0.4, 0.5) is 0 Å². The zero-order valence-electron chi connectivity index (χ0n) is 16.8. The summed E-state index contributed by atoms with van der Waals surface area (Å²) in [6.45, 7) is 4.41. The van der Waals surface area contributed by atoms with Gasteiger partial charge in [0, 0.05) is 24.9 Å². The van der Waals surface area contributed by atoms with Gasteiger partial charge in [-0.3, -0.25) is 9.78 Å². The molecule has 2 heterocycles. The normalized spacial score (nSPS) is 23.5. The van der Waals surface area contributed by atoms with E-state index in [4.69, 9.17) is 27.9 Å². The third-order valence-corrected chi connectivity index (χ3v) is 6.66. The van der Waals surface area contributed by atoms with E-state index in [0.717, 1.165) is 43.4 Å². The van der Waals surface area contributed by atoms with Crippen LogP contribution in [0.1, 0.15) is 62.6 Å². The number of pyridine rings is 1. The second kappa shape index (κ2) is 7.81. The van der Waals surface area contributed by atoms with Gasteiger partial charge in [0.25, 0.3) is 5.91 Å². The van der Waals surface area contributed by atoms with Crippen molar-refractivity contribution in [1.29, 1.82) is 0 Å². The Kier molecular flexibility index (Phi) is 5.52. The first-order valence-electron chi connectivity index (χ1n) is 10.2. The van der Waals surface area contributed by atoms with Crippen molar-refractivity contribution in [2.24, 2.45) is 0 Å². The lowest BCUT2D eigenvalue weighted by atomic mass is 9.94. The molecule has 2 atom stereocenters. The molecule has 2 aliphatic rings. The summed E-state index contributed by atoms with van der Waals surface area (Å²) in [5, 5.41) is 0. The van der Waals surface area contributed by atoms with Gasteiger partial charge in [-0.1, -0.05) is 18.2 Å². The van der Waals surface area contributed by atoms with E-state index >= 15 is 0 Å². The molecule has 1 aliphatic heterocycles. The summed E-state index contributed by atoms with van der Waals surface area (Å²) in [6, 6.07) is 11.8. The Bertz CT molecular complexity index is 868. The quantitative estimate of drug-likeness (QED) is 0.572. The number of benzene rings is 1. The number of carbonyl (C=O) groups excluding carboxylic acids is 1. The first-order chi connectivity index (χ1) is 13.8. The minimum absolute atomic E-state index is 0.00199. The number of hydrogen-bond donors (Lipinski definition) is 0. The molecule has 1 amide bonds. The molecular formula is C23H26Cl2N2O2. The number of alkyl halides is 2. The molecule has 0 bridgehead atoms. The molecule has 2 fully saturated rings. The number of halogens is 2. The number of ether oxygens (including phenoxy) is 1. The Labute approximate surface area is 182 Å². The van der Waals surface area contributed by atoms with Crippen LogP contribution in [0.25, 0.3) is 0 Å². The summed E-state index contributed by atoms with van der Waals surface area (Å²) in [5.74, 6) is 0.832. The molecule has 0 spiro atoms. The average molecular weight is 433 g/mol. The van der Waals surface area contributed by atoms with Gasteiger partial charge in [-0.25, -0.2) is 0 Å². The predicted octanol–water partition coefficient (Wildman–Crippen LogP) is 5.65. The van der Waals surface area contributed by atoms with Gasteiger partial charge in [0.1, 0.15) is 10.1 Å². The summed E-state index contributed by atoms with van der Waals surface area (Å²) >= 11 is 12.3. The Morgan fingerprint density at radius 3 is 2.52 bits per heavy atom. The van der Waals surface area contributed by atoms with Gasteiger partial charge in [0.2, 0.25) is 0 Å². The summed E-state index contributed by atoms with van der Waals surface area (Å²) in [7, 11) is 0. The second-order valence-corrected chi connectivity index (χ2v) is 10.0. The van der Waals surface area contributed by atoms with Crippen LogP contribution in [-0.2, 0) is 4.79 Å². The van der Waals surface area contributed by atoms with Gasteiger partial charge in [0.05, 0.1) is 6.04 Å². The van der Waals surface area contributed by atoms with E-state index in [2.05, 4.69) is 4.98 Å². The van der Waals surface area contributed by atoms with Gasteiger partial charge in [-0.05, 0) is 68.9 Å². The van der Waals surface area contributed by atoms with E-state index in [1.807, 2.05) is 61.3 Å². The van der Waals surface area contributed by atoms with Crippen molar-refractivity contribution in [2.75, 3.05) is 6.54 Å². The van der Waals surface area contributed by atoms with E-state index in [1.165, 1.54) is 0 Å². The SMILES string of the molecule is CC(C)(Oc1ccc([C@H]2CC2(Cl)Cl)cc1)C(=O)N1CCCC[C@H]1c1cccnc1. The fourth-order valence-corrected chi connectivity index (χ4v) is 4.68. The number of nitrogens with zero attached hydrogens (tertiary/aromatic N) is 2. The van der Waals surface area contributed by atoms with E-state index in [1.54, 1.807) is 6.20 Å². The van der Waals surface area contributed by atoms with Crippen molar-refractivity contribution >= 4 is 29.1 Å². The molecule has 29 heavy (non-hydrogen) atoms. The molecule has 1 aliphatic carbocycles. The highest BCUT2D eigenvalue weighted by Crippen LogP contribution is 2.59. The van der Waals surface area contributed by atoms with Crippen LogP contribution in [0.15, 0.2) is 48.8 Å². The highest BCUT2D eigenvalue weighted by atomic mass is 35.5. The topological polar surface area (TPSA) is 42.4 Å². The van der Waals surface area contributed by atoms with Gasteiger partial charge < -0.3 is 9.64 Å². The maximum absolute atomic E-state index is 13.4. The minimum atomic E-state index is -0.971. The zero-order valence-corrected chi connectivity index (χ0v) is 18.3. The third-order valence-electron chi connectivity index (χ3n) is 5.83. The average Bonchev–Trinajstić information content (AvgIpc) is 3.36. The molecule has 6 heteroatoms. The minimum Gasteiger partial charge on any atom is -0.478 e. The van der Waals surface area contributed by atoms with Crippen LogP contribution in [0.2, 0.25) is 0 Å². The largest absolute Gasteiger partial charge is 0.478 e. The van der Waals surface area contributed by atoms with Crippen LogP contribution in [0.5, 0.6) is 5.75 Å². The zero-order chi connectivity index (χ0) is 20.6. The van der Waals surface area contributed by atoms with Crippen molar-refractivity contribution in [3.63, 3.8) is 0 Å². The lowest BCUT2D eigenvalue weighted by Gasteiger charge is -2.40. The standard InChI is InChI=1S/C23H26Cl2N2O2/c1-22(2,29-18-10-8-16(9-11-18)19-14-23(19,24)25)21(28)27-13-4-3-7-20(27)17-6-5-12-26-15-17/h5-6,8-12,15,19-20H,3-4,7,13-14H2,1-2H3/t19-,20+/m1/s1. The van der Waals surface area contributed by atoms with Crippen LogP contribution in [0, 0.1) is 0 Å². The number of aromatic nitrogens is 1. The van der Waals surface area contributed by atoms with E-state index in [9.17, 15) is 4.79 Å². The van der Waals surface area contributed by atoms with Gasteiger partial charge >= 0.3 is 0 Å². The molecule has 1 aromatic heterocycles. The number of amides is 1. The van der Waals surface area contributed by atoms with Gasteiger partial charge in [-0.15, -0.1) is 23.2 Å². The lowest BCUT2D eigenvalue weighted by molar-refractivity contribution is -0.149. The number of rotatable bonds is 5. The Morgan fingerprint density at radius 1 is 1.17 bits per heavy atom. The Balaban J connectivity index is 1.48. The fourth-order valence-electron chi connectivity index (χ4n) is 4.12. The summed E-state index contributed by atoms with van der Waals surface area (Å²) in [5.41, 5.74) is 1.21. The monoisotopic (exact) mass is 432 g/mol. The molecule has 2 aromatic rings. The molecule has 1 saturated carbocycles. The number of carbonyl (C=O) groups is 1. The number of piperidine rings is 1. The predicted molar refractivity (Wildman–Crippen MR) is 115 cm³/mol. The fraction of sp³-hybridized carbons (Fsp3) is 0.478. The van der Waals surface area contributed by atoms with Crippen LogP contribution in [-0.4, -0.2) is 32.3 Å². The van der Waals surface area contributed by atoms with Crippen LogP contribution in [0.3, 0.4) is 0 Å². The summed E-state index contributed by atoms with van der Waals surface area (Å²) in [6.07, 6.45) is 7.44. The second-order valence-electron chi connectivity index (χ2n) is 8.50. The van der Waals surface area contributed by atoms with Crippen molar-refractivity contribution < 1.29 is 9.53 Å². The maximum Gasteiger partial charge on any atom is 0.266 e. The van der Waals surface area contributed by atoms with E-state index in [-0.39, 0.29) is 17.9 Å². The first kappa shape index (κ1) is 20.5. The number of likely N-dealkylation sites (tertiary alicyclic amines) is 1. The molecule has 1 saturated heterocycles. The Hall–Kier alpha value is -1.78. The smallest absolute Gasteiger partial charge is 0.266 e. The van der Waals surface area contributed by atoms with Crippen molar-refractivity contribution in [2.45, 2.75) is 61.4 Å². The molecule has 0 unspecified atom stereocenters. The summed E-state index contributed by atoms with van der Waals surface area (Å²) < 4.78 is 5.49. The molecule has 4 rings (SSSR count). The maximum atomic E-state index is 13.4. The lowest BCUT2D eigenvalue weighted by Crippen LogP contribution is -2.51. The van der Waals surface area contributed by atoms with Crippen molar-refractivity contribution in [3.05, 3.63) is 59.9 Å².